The molecule has 0 aliphatic heterocycles. The summed E-state index contributed by atoms with van der Waals surface area (Å²) in [6, 6.07) is 12.3. The molecular weight excluding hydrogens is 428 g/mol. The van der Waals surface area contributed by atoms with Crippen molar-refractivity contribution >= 4 is 45.8 Å². The molecule has 0 bridgehead atoms. The van der Waals surface area contributed by atoms with E-state index in [0.717, 1.165) is 5.56 Å². The molecule has 1 amide bonds. The number of aromatic nitrogens is 1. The van der Waals surface area contributed by atoms with Gasteiger partial charge in [0, 0.05) is 17.1 Å². The van der Waals surface area contributed by atoms with Gasteiger partial charge in [0.15, 0.2) is 6.61 Å². The Morgan fingerprint density at radius 2 is 1.83 bits per heavy atom. The molecule has 0 aliphatic carbocycles. The Morgan fingerprint density at radius 1 is 1.07 bits per heavy atom. The van der Waals surface area contributed by atoms with Gasteiger partial charge in [-0.3, -0.25) is 4.79 Å². The van der Waals surface area contributed by atoms with Crippen molar-refractivity contribution in [3.63, 3.8) is 0 Å². The zero-order chi connectivity index (χ0) is 21.5. The highest BCUT2D eigenvalue weighted by molar-refractivity contribution is 7.15. The number of carbonyl (C=O) groups excluding carboxylic acids is 3. The molecule has 0 saturated carbocycles. The lowest BCUT2D eigenvalue weighted by molar-refractivity contribution is -0.119. The topological polar surface area (TPSA) is 94.6 Å². The van der Waals surface area contributed by atoms with Crippen molar-refractivity contribution in [1.82, 2.24) is 4.98 Å². The van der Waals surface area contributed by atoms with Crippen LogP contribution in [0.5, 0.6) is 0 Å². The van der Waals surface area contributed by atoms with E-state index < -0.39 is 24.5 Å². The molecule has 7 nitrogen and oxygen atoms in total. The summed E-state index contributed by atoms with van der Waals surface area (Å²) >= 11 is 7.03. The summed E-state index contributed by atoms with van der Waals surface area (Å²) in [7, 11) is 0. The van der Waals surface area contributed by atoms with E-state index in [1.807, 2.05) is 30.3 Å². The van der Waals surface area contributed by atoms with Gasteiger partial charge in [0.2, 0.25) is 0 Å². The minimum absolute atomic E-state index is 0.0155. The number of halogens is 1. The van der Waals surface area contributed by atoms with Crippen LogP contribution in [0.1, 0.15) is 27.6 Å². The summed E-state index contributed by atoms with van der Waals surface area (Å²) < 4.78 is 10.1. The molecule has 0 spiro atoms. The van der Waals surface area contributed by atoms with Crippen molar-refractivity contribution in [2.45, 2.75) is 6.92 Å². The van der Waals surface area contributed by atoms with Gasteiger partial charge in [0.25, 0.3) is 5.91 Å². The minimum atomic E-state index is -0.773. The molecule has 3 aromatic rings. The monoisotopic (exact) mass is 444 g/mol. The van der Waals surface area contributed by atoms with Crippen LogP contribution < -0.4 is 5.32 Å². The summed E-state index contributed by atoms with van der Waals surface area (Å²) in [5, 5.41) is 4.67. The van der Waals surface area contributed by atoms with Gasteiger partial charge in [0.1, 0.15) is 15.7 Å². The van der Waals surface area contributed by atoms with E-state index in [4.69, 9.17) is 21.1 Å². The van der Waals surface area contributed by atoms with Crippen LogP contribution in [-0.4, -0.2) is 36.0 Å². The van der Waals surface area contributed by atoms with E-state index in [9.17, 15) is 14.4 Å². The van der Waals surface area contributed by atoms with Crippen LogP contribution in [0.15, 0.2) is 54.0 Å². The van der Waals surface area contributed by atoms with E-state index in [-0.39, 0.29) is 22.9 Å². The lowest BCUT2D eigenvalue weighted by Crippen LogP contribution is -2.22. The van der Waals surface area contributed by atoms with Crippen LogP contribution in [0.4, 0.5) is 5.00 Å². The van der Waals surface area contributed by atoms with Gasteiger partial charge in [-0.05, 0) is 24.6 Å². The molecule has 2 heterocycles. The van der Waals surface area contributed by atoms with Crippen molar-refractivity contribution < 1.29 is 23.9 Å². The summed E-state index contributed by atoms with van der Waals surface area (Å²) in [5.41, 5.74) is 1.77. The molecule has 0 aliphatic rings. The summed E-state index contributed by atoms with van der Waals surface area (Å²) in [6.45, 7) is 1.35. The number of esters is 2. The van der Waals surface area contributed by atoms with Crippen LogP contribution in [0.3, 0.4) is 0 Å². The highest BCUT2D eigenvalue weighted by Crippen LogP contribution is 2.36. The van der Waals surface area contributed by atoms with E-state index >= 15 is 0 Å². The second kappa shape index (κ2) is 10.00. The fourth-order valence-corrected chi connectivity index (χ4v) is 3.77. The summed E-state index contributed by atoms with van der Waals surface area (Å²) in [5.74, 6) is -1.92. The number of carbonyl (C=O) groups is 3. The number of nitrogens with one attached hydrogen (secondary N) is 1. The van der Waals surface area contributed by atoms with Crippen LogP contribution >= 0.6 is 22.9 Å². The quantitative estimate of drug-likeness (QED) is 0.427. The maximum atomic E-state index is 12.5. The van der Waals surface area contributed by atoms with Gasteiger partial charge >= 0.3 is 11.9 Å². The lowest BCUT2D eigenvalue weighted by atomic mass is 10.0. The Hall–Kier alpha value is -3.23. The number of hydrogen-bond acceptors (Lipinski definition) is 7. The third-order valence-corrected chi connectivity index (χ3v) is 5.12. The van der Waals surface area contributed by atoms with E-state index in [1.165, 1.54) is 29.7 Å². The number of pyridine rings is 1. The largest absolute Gasteiger partial charge is 0.462 e. The fraction of sp³-hybridized carbons (Fsp3) is 0.143. The number of benzene rings is 1. The highest BCUT2D eigenvalue weighted by Gasteiger charge is 2.23. The van der Waals surface area contributed by atoms with Crippen molar-refractivity contribution in [1.29, 1.82) is 0 Å². The molecule has 3 rings (SSSR count). The number of hydrogen-bond donors (Lipinski definition) is 1. The number of anilines is 1. The molecule has 154 valence electrons. The van der Waals surface area contributed by atoms with Crippen LogP contribution in [0.2, 0.25) is 5.15 Å². The molecule has 2 aromatic heterocycles. The Balaban J connectivity index is 1.75. The SMILES string of the molecule is CCOC(=O)c1c(-c2ccccc2)csc1NC(=O)COC(=O)c1cccnc1Cl. The predicted molar refractivity (Wildman–Crippen MR) is 114 cm³/mol. The van der Waals surface area contributed by atoms with Crippen molar-refractivity contribution in [2.75, 3.05) is 18.5 Å². The van der Waals surface area contributed by atoms with E-state index in [2.05, 4.69) is 10.3 Å². The maximum absolute atomic E-state index is 12.5. The van der Waals surface area contributed by atoms with Gasteiger partial charge in [-0.25, -0.2) is 14.6 Å². The third-order valence-electron chi connectivity index (χ3n) is 3.92. The van der Waals surface area contributed by atoms with Gasteiger partial charge in [-0.1, -0.05) is 41.9 Å². The number of amides is 1. The zero-order valence-corrected chi connectivity index (χ0v) is 17.5. The minimum Gasteiger partial charge on any atom is -0.462 e. The third kappa shape index (κ3) is 5.03. The van der Waals surface area contributed by atoms with Gasteiger partial charge < -0.3 is 14.8 Å². The predicted octanol–water partition coefficient (Wildman–Crippen LogP) is 4.44. The van der Waals surface area contributed by atoms with Gasteiger partial charge in [-0.2, -0.15) is 0 Å². The lowest BCUT2D eigenvalue weighted by Gasteiger charge is -2.09. The standard InChI is InChI=1S/C21H17ClN2O5S/c1-2-28-21(27)17-15(13-7-4-3-5-8-13)12-30-19(17)24-16(25)11-29-20(26)14-9-6-10-23-18(14)22/h3-10,12H,2,11H2,1H3,(H,24,25). The maximum Gasteiger partial charge on any atom is 0.341 e. The van der Waals surface area contributed by atoms with Crippen LogP contribution in [-0.2, 0) is 14.3 Å². The molecule has 9 heteroatoms. The zero-order valence-electron chi connectivity index (χ0n) is 15.9. The Morgan fingerprint density at radius 3 is 2.53 bits per heavy atom. The first-order chi connectivity index (χ1) is 14.5. The molecule has 0 saturated heterocycles. The molecular formula is C21H17ClN2O5S. The Bertz CT molecular complexity index is 1070. The molecule has 1 aromatic carbocycles. The van der Waals surface area contributed by atoms with Crippen LogP contribution in [0, 0.1) is 0 Å². The number of ether oxygens (including phenoxy) is 2. The molecule has 0 unspecified atom stereocenters. The van der Waals surface area contributed by atoms with Crippen molar-refractivity contribution in [3.05, 3.63) is 70.3 Å². The molecule has 0 radical (unpaired) electrons. The normalized spacial score (nSPS) is 10.3. The molecule has 0 atom stereocenters. The molecule has 1 N–H and O–H groups in total. The van der Waals surface area contributed by atoms with Crippen molar-refractivity contribution in [2.24, 2.45) is 0 Å². The summed E-state index contributed by atoms with van der Waals surface area (Å²) in [6.07, 6.45) is 1.43. The smallest absolute Gasteiger partial charge is 0.341 e. The van der Waals surface area contributed by atoms with E-state index in [0.29, 0.717) is 10.6 Å². The average Bonchev–Trinajstić information content (AvgIpc) is 3.16. The highest BCUT2D eigenvalue weighted by atomic mass is 35.5. The Kier molecular flexibility index (Phi) is 7.16. The Labute approximate surface area is 181 Å². The first-order valence-corrected chi connectivity index (χ1v) is 10.2. The van der Waals surface area contributed by atoms with Gasteiger partial charge in [-0.15, -0.1) is 11.3 Å². The van der Waals surface area contributed by atoms with Gasteiger partial charge in [0.05, 0.1) is 12.2 Å². The number of rotatable bonds is 7. The van der Waals surface area contributed by atoms with Crippen LogP contribution in [0.25, 0.3) is 11.1 Å². The second-order valence-corrected chi connectivity index (χ2v) is 7.14. The van der Waals surface area contributed by atoms with E-state index in [1.54, 1.807) is 12.3 Å². The van der Waals surface area contributed by atoms with Crippen molar-refractivity contribution in [3.8, 4) is 11.1 Å². The average molecular weight is 445 g/mol. The summed E-state index contributed by atoms with van der Waals surface area (Å²) in [4.78, 5) is 40.7. The fourth-order valence-electron chi connectivity index (χ4n) is 2.60. The first kappa shape index (κ1) is 21.5. The number of nitrogens with zero attached hydrogens (tertiary/aromatic N) is 1. The molecule has 0 fully saturated rings. The first-order valence-electron chi connectivity index (χ1n) is 8.92. The number of thiophene rings is 1. The second-order valence-electron chi connectivity index (χ2n) is 5.91. The molecule has 30 heavy (non-hydrogen) atoms.